The Bertz CT molecular complexity index is 210. The van der Waals surface area contributed by atoms with Crippen molar-refractivity contribution < 1.29 is 19.0 Å². The van der Waals surface area contributed by atoms with E-state index in [1.54, 1.807) is 7.11 Å². The number of esters is 1. The van der Waals surface area contributed by atoms with Gasteiger partial charge in [0.25, 0.3) is 0 Å². The predicted molar refractivity (Wildman–Crippen MR) is 54.1 cm³/mol. The molecule has 0 aromatic rings. The molecule has 0 aromatic heterocycles. The van der Waals surface area contributed by atoms with E-state index < -0.39 is 0 Å². The molecular formula is C10H19NO4. The zero-order valence-corrected chi connectivity index (χ0v) is 9.27. The van der Waals surface area contributed by atoms with E-state index in [-0.39, 0.29) is 31.0 Å². The van der Waals surface area contributed by atoms with Crippen LogP contribution in [0.15, 0.2) is 0 Å². The van der Waals surface area contributed by atoms with Gasteiger partial charge in [-0.2, -0.15) is 0 Å². The van der Waals surface area contributed by atoms with E-state index in [0.717, 1.165) is 19.3 Å². The summed E-state index contributed by atoms with van der Waals surface area (Å²) in [5.41, 5.74) is 5.91. The van der Waals surface area contributed by atoms with Gasteiger partial charge in [0.15, 0.2) is 0 Å². The molecule has 3 atom stereocenters. The van der Waals surface area contributed by atoms with E-state index in [1.165, 1.54) is 6.92 Å². The number of hydrogen-bond donors (Lipinski definition) is 1. The first-order valence-electron chi connectivity index (χ1n) is 5.18. The van der Waals surface area contributed by atoms with Gasteiger partial charge in [-0.05, 0) is 19.3 Å². The van der Waals surface area contributed by atoms with E-state index in [9.17, 15) is 4.79 Å². The minimum absolute atomic E-state index is 0.0850. The fourth-order valence-electron chi connectivity index (χ4n) is 1.88. The monoisotopic (exact) mass is 217 g/mol. The SMILES string of the molecule is COCO[C@@H]1C(OC(C)=O)CCC[C@@H]1N. The number of ether oxygens (including phenoxy) is 3. The molecule has 1 fully saturated rings. The maximum Gasteiger partial charge on any atom is 0.302 e. The van der Waals surface area contributed by atoms with Gasteiger partial charge in [0.2, 0.25) is 0 Å². The third-order valence-corrected chi connectivity index (χ3v) is 2.51. The standard InChI is InChI=1S/C10H19NO4/c1-7(12)15-9-5-3-4-8(11)10(9)14-6-13-2/h8-10H,3-6,11H2,1-2H3/t8-,9?,10-/m0/s1. The van der Waals surface area contributed by atoms with Gasteiger partial charge in [-0.25, -0.2) is 0 Å². The second kappa shape index (κ2) is 6.05. The van der Waals surface area contributed by atoms with Crippen molar-refractivity contribution >= 4 is 5.97 Å². The molecular weight excluding hydrogens is 198 g/mol. The Balaban J connectivity index is 2.51. The maximum absolute atomic E-state index is 10.9. The minimum Gasteiger partial charge on any atom is -0.460 e. The van der Waals surface area contributed by atoms with E-state index in [4.69, 9.17) is 19.9 Å². The summed E-state index contributed by atoms with van der Waals surface area (Å²) < 4.78 is 15.4. The summed E-state index contributed by atoms with van der Waals surface area (Å²) in [6, 6.07) is -0.0850. The Morgan fingerprint density at radius 2 is 2.20 bits per heavy atom. The number of carbonyl (C=O) groups is 1. The topological polar surface area (TPSA) is 70.8 Å². The van der Waals surface area contributed by atoms with Crippen LogP contribution in [-0.2, 0) is 19.0 Å². The van der Waals surface area contributed by atoms with Gasteiger partial charge in [0, 0.05) is 20.1 Å². The first-order valence-corrected chi connectivity index (χ1v) is 5.18. The normalized spacial score (nSPS) is 31.3. The van der Waals surface area contributed by atoms with Crippen molar-refractivity contribution in [2.75, 3.05) is 13.9 Å². The van der Waals surface area contributed by atoms with Gasteiger partial charge in [-0.15, -0.1) is 0 Å². The average Bonchev–Trinajstić information content (AvgIpc) is 2.16. The van der Waals surface area contributed by atoms with Gasteiger partial charge in [-0.1, -0.05) is 0 Å². The molecule has 0 amide bonds. The summed E-state index contributed by atoms with van der Waals surface area (Å²) in [5.74, 6) is -0.292. The van der Waals surface area contributed by atoms with Gasteiger partial charge in [-0.3, -0.25) is 4.79 Å². The minimum atomic E-state index is -0.292. The van der Waals surface area contributed by atoms with Crippen molar-refractivity contribution in [1.82, 2.24) is 0 Å². The number of rotatable bonds is 4. The summed E-state index contributed by atoms with van der Waals surface area (Å²) in [4.78, 5) is 10.9. The van der Waals surface area contributed by atoms with E-state index >= 15 is 0 Å². The number of carbonyl (C=O) groups excluding carboxylic acids is 1. The molecule has 1 unspecified atom stereocenters. The summed E-state index contributed by atoms with van der Waals surface area (Å²) in [6.45, 7) is 1.57. The molecule has 1 aliphatic rings. The average molecular weight is 217 g/mol. The molecule has 0 aromatic carbocycles. The lowest BCUT2D eigenvalue weighted by Crippen LogP contribution is -2.49. The van der Waals surface area contributed by atoms with Crippen LogP contribution in [0.4, 0.5) is 0 Å². The number of hydrogen-bond acceptors (Lipinski definition) is 5. The van der Waals surface area contributed by atoms with Gasteiger partial charge >= 0.3 is 5.97 Å². The molecule has 5 nitrogen and oxygen atoms in total. The molecule has 1 rings (SSSR count). The van der Waals surface area contributed by atoms with Gasteiger partial charge in [0.05, 0.1) is 0 Å². The van der Waals surface area contributed by atoms with Crippen molar-refractivity contribution in [2.24, 2.45) is 5.73 Å². The van der Waals surface area contributed by atoms with Crippen LogP contribution in [0.5, 0.6) is 0 Å². The molecule has 0 heterocycles. The van der Waals surface area contributed by atoms with Crippen LogP contribution in [0.2, 0.25) is 0 Å². The van der Waals surface area contributed by atoms with Crippen LogP contribution >= 0.6 is 0 Å². The Kier molecular flexibility index (Phi) is 5.01. The highest BCUT2D eigenvalue weighted by Crippen LogP contribution is 2.23. The molecule has 0 spiro atoms. The predicted octanol–water partition coefficient (Wildman–Crippen LogP) is 0.418. The summed E-state index contributed by atoms with van der Waals surface area (Å²) in [5, 5.41) is 0. The quantitative estimate of drug-likeness (QED) is 0.546. The largest absolute Gasteiger partial charge is 0.460 e. The van der Waals surface area contributed by atoms with Crippen LogP contribution in [0.1, 0.15) is 26.2 Å². The van der Waals surface area contributed by atoms with Gasteiger partial charge in [0.1, 0.15) is 19.0 Å². The fraction of sp³-hybridized carbons (Fsp3) is 0.900. The maximum atomic E-state index is 10.9. The van der Waals surface area contributed by atoms with Gasteiger partial charge < -0.3 is 19.9 Å². The lowest BCUT2D eigenvalue weighted by molar-refractivity contribution is -0.170. The Morgan fingerprint density at radius 1 is 1.47 bits per heavy atom. The molecule has 0 saturated heterocycles. The van der Waals surface area contributed by atoms with Crippen molar-refractivity contribution in [3.63, 3.8) is 0 Å². The molecule has 0 radical (unpaired) electrons. The molecule has 1 saturated carbocycles. The second-order valence-electron chi connectivity index (χ2n) is 3.78. The van der Waals surface area contributed by atoms with Crippen molar-refractivity contribution in [2.45, 2.75) is 44.4 Å². The highest BCUT2D eigenvalue weighted by atomic mass is 16.7. The third-order valence-electron chi connectivity index (χ3n) is 2.51. The van der Waals surface area contributed by atoms with Crippen LogP contribution in [0.25, 0.3) is 0 Å². The van der Waals surface area contributed by atoms with Crippen LogP contribution in [0, 0.1) is 0 Å². The lowest BCUT2D eigenvalue weighted by Gasteiger charge is -2.34. The number of methoxy groups -OCH3 is 1. The first-order chi connectivity index (χ1) is 7.15. The zero-order valence-electron chi connectivity index (χ0n) is 9.27. The molecule has 0 bridgehead atoms. The van der Waals surface area contributed by atoms with E-state index in [1.807, 2.05) is 0 Å². The van der Waals surface area contributed by atoms with E-state index in [2.05, 4.69) is 0 Å². The zero-order chi connectivity index (χ0) is 11.3. The third kappa shape index (κ3) is 3.77. The molecule has 15 heavy (non-hydrogen) atoms. The number of nitrogens with two attached hydrogens (primary N) is 1. The van der Waals surface area contributed by atoms with Crippen molar-refractivity contribution in [3.8, 4) is 0 Å². The van der Waals surface area contributed by atoms with Crippen molar-refractivity contribution in [1.29, 1.82) is 0 Å². The Labute approximate surface area is 89.9 Å². The fourth-order valence-corrected chi connectivity index (χ4v) is 1.88. The highest BCUT2D eigenvalue weighted by Gasteiger charge is 2.34. The van der Waals surface area contributed by atoms with Crippen LogP contribution < -0.4 is 5.73 Å². The lowest BCUT2D eigenvalue weighted by atomic mass is 9.90. The summed E-state index contributed by atoms with van der Waals surface area (Å²) in [6.07, 6.45) is 2.18. The molecule has 2 N–H and O–H groups in total. The van der Waals surface area contributed by atoms with Crippen LogP contribution in [-0.4, -0.2) is 38.1 Å². The van der Waals surface area contributed by atoms with Crippen molar-refractivity contribution in [3.05, 3.63) is 0 Å². The second-order valence-corrected chi connectivity index (χ2v) is 3.78. The molecule has 88 valence electrons. The van der Waals surface area contributed by atoms with E-state index in [0.29, 0.717) is 0 Å². The Morgan fingerprint density at radius 3 is 2.80 bits per heavy atom. The molecule has 0 aliphatic heterocycles. The molecule has 1 aliphatic carbocycles. The highest BCUT2D eigenvalue weighted by molar-refractivity contribution is 5.66. The first kappa shape index (κ1) is 12.4. The summed E-state index contributed by atoms with van der Waals surface area (Å²) >= 11 is 0. The smallest absolute Gasteiger partial charge is 0.302 e. The Hall–Kier alpha value is -0.650. The molecule has 5 heteroatoms. The summed E-state index contributed by atoms with van der Waals surface area (Å²) in [7, 11) is 1.55. The van der Waals surface area contributed by atoms with Crippen LogP contribution in [0.3, 0.4) is 0 Å².